The van der Waals surface area contributed by atoms with Crippen LogP contribution in [-0.4, -0.2) is 47.4 Å². The number of hydrogen-bond donors (Lipinski definition) is 1. The van der Waals surface area contributed by atoms with Crippen LogP contribution in [0, 0.1) is 0 Å². The largest absolute Gasteiger partial charge is 0.493 e. The maximum atomic E-state index is 12.4. The first-order chi connectivity index (χ1) is 14.7. The van der Waals surface area contributed by atoms with Crippen LogP contribution >= 0.6 is 0 Å². The Kier molecular flexibility index (Phi) is 9.18. The van der Waals surface area contributed by atoms with Crippen LogP contribution in [0.25, 0.3) is 0 Å². The summed E-state index contributed by atoms with van der Waals surface area (Å²) in [5.41, 5.74) is 1.64. The SMILES string of the molecule is COc1ccccc1OCCNC(=O)CCCN(c1ccccc1C(C)C)S(C)(=O)=O. The molecule has 0 spiro atoms. The topological polar surface area (TPSA) is 84.9 Å². The number of methoxy groups -OCH3 is 1. The van der Waals surface area contributed by atoms with E-state index in [9.17, 15) is 13.2 Å². The van der Waals surface area contributed by atoms with E-state index in [-0.39, 0.29) is 24.8 Å². The highest BCUT2D eigenvalue weighted by Crippen LogP contribution is 2.29. The number of rotatable bonds is 12. The predicted octanol–water partition coefficient (Wildman–Crippen LogP) is 3.56. The summed E-state index contributed by atoms with van der Waals surface area (Å²) in [7, 11) is -1.89. The quantitative estimate of drug-likeness (QED) is 0.502. The third-order valence-corrected chi connectivity index (χ3v) is 5.92. The Balaban J connectivity index is 1.84. The number of para-hydroxylation sites is 3. The highest BCUT2D eigenvalue weighted by atomic mass is 32.2. The highest BCUT2D eigenvalue weighted by molar-refractivity contribution is 7.92. The van der Waals surface area contributed by atoms with Crippen LogP contribution in [0.3, 0.4) is 0 Å². The van der Waals surface area contributed by atoms with E-state index in [1.165, 1.54) is 10.6 Å². The maximum absolute atomic E-state index is 12.4. The van der Waals surface area contributed by atoms with Gasteiger partial charge in [0, 0.05) is 13.0 Å². The maximum Gasteiger partial charge on any atom is 0.232 e. The number of amides is 1. The number of carbonyl (C=O) groups is 1. The first-order valence-electron chi connectivity index (χ1n) is 10.3. The molecular weight excluding hydrogens is 416 g/mol. The zero-order valence-electron chi connectivity index (χ0n) is 18.6. The van der Waals surface area contributed by atoms with Crippen molar-refractivity contribution in [2.75, 3.05) is 37.4 Å². The Morgan fingerprint density at radius 2 is 1.71 bits per heavy atom. The van der Waals surface area contributed by atoms with Gasteiger partial charge >= 0.3 is 0 Å². The Morgan fingerprint density at radius 3 is 2.35 bits per heavy atom. The van der Waals surface area contributed by atoms with Gasteiger partial charge in [0.15, 0.2) is 11.5 Å². The van der Waals surface area contributed by atoms with E-state index in [2.05, 4.69) is 5.32 Å². The molecule has 0 saturated carbocycles. The van der Waals surface area contributed by atoms with Crippen LogP contribution in [0.2, 0.25) is 0 Å². The molecule has 0 bridgehead atoms. The molecule has 2 aromatic carbocycles. The van der Waals surface area contributed by atoms with Gasteiger partial charge < -0.3 is 14.8 Å². The molecular formula is C23H32N2O5S. The lowest BCUT2D eigenvalue weighted by atomic mass is 10.0. The lowest BCUT2D eigenvalue weighted by Crippen LogP contribution is -2.33. The molecule has 0 heterocycles. The summed E-state index contributed by atoms with van der Waals surface area (Å²) in [4.78, 5) is 12.2. The van der Waals surface area contributed by atoms with Crippen LogP contribution in [-0.2, 0) is 14.8 Å². The van der Waals surface area contributed by atoms with Crippen molar-refractivity contribution in [3.63, 3.8) is 0 Å². The van der Waals surface area contributed by atoms with Gasteiger partial charge in [-0.05, 0) is 36.1 Å². The molecule has 0 aromatic heterocycles. The number of hydrogen-bond acceptors (Lipinski definition) is 5. The van der Waals surface area contributed by atoms with Crippen molar-refractivity contribution in [2.45, 2.75) is 32.6 Å². The average molecular weight is 449 g/mol. The van der Waals surface area contributed by atoms with Gasteiger partial charge in [-0.3, -0.25) is 9.10 Å². The van der Waals surface area contributed by atoms with Gasteiger partial charge in [0.05, 0.1) is 25.6 Å². The van der Waals surface area contributed by atoms with Crippen molar-refractivity contribution < 1.29 is 22.7 Å². The third kappa shape index (κ3) is 7.47. The van der Waals surface area contributed by atoms with E-state index in [1.807, 2.05) is 50.2 Å². The van der Waals surface area contributed by atoms with E-state index in [1.54, 1.807) is 19.2 Å². The minimum absolute atomic E-state index is 0.144. The standard InChI is InChI=1S/C23H32N2O5S/c1-18(2)19-10-5-6-11-20(19)25(31(4,27)28)16-9-14-23(26)24-15-17-30-22-13-8-7-12-21(22)29-3/h5-8,10-13,18H,9,14-17H2,1-4H3,(H,24,26). The molecule has 0 aliphatic rings. The van der Waals surface area contributed by atoms with E-state index in [0.29, 0.717) is 36.8 Å². The summed E-state index contributed by atoms with van der Waals surface area (Å²) in [6, 6.07) is 14.8. The molecule has 0 unspecified atom stereocenters. The van der Waals surface area contributed by atoms with Crippen LogP contribution in [0.1, 0.15) is 38.2 Å². The molecule has 170 valence electrons. The minimum Gasteiger partial charge on any atom is -0.493 e. The van der Waals surface area contributed by atoms with Gasteiger partial charge in [0.1, 0.15) is 6.61 Å². The van der Waals surface area contributed by atoms with Crippen LogP contribution in [0.4, 0.5) is 5.69 Å². The van der Waals surface area contributed by atoms with Crippen molar-refractivity contribution in [1.29, 1.82) is 0 Å². The normalized spacial score (nSPS) is 11.3. The molecule has 7 nitrogen and oxygen atoms in total. The molecule has 0 saturated heterocycles. The van der Waals surface area contributed by atoms with E-state index in [4.69, 9.17) is 9.47 Å². The Morgan fingerprint density at radius 1 is 1.06 bits per heavy atom. The molecule has 8 heteroatoms. The van der Waals surface area contributed by atoms with Gasteiger partial charge in [-0.1, -0.05) is 44.2 Å². The smallest absolute Gasteiger partial charge is 0.232 e. The fraction of sp³-hybridized carbons (Fsp3) is 0.435. The number of ether oxygens (including phenoxy) is 2. The second-order valence-electron chi connectivity index (χ2n) is 7.50. The number of nitrogens with one attached hydrogen (secondary N) is 1. The van der Waals surface area contributed by atoms with E-state index < -0.39 is 10.0 Å². The molecule has 0 atom stereocenters. The van der Waals surface area contributed by atoms with Gasteiger partial charge in [-0.15, -0.1) is 0 Å². The number of sulfonamides is 1. The van der Waals surface area contributed by atoms with E-state index >= 15 is 0 Å². The number of benzene rings is 2. The third-order valence-electron chi connectivity index (χ3n) is 4.74. The zero-order valence-corrected chi connectivity index (χ0v) is 19.4. The molecule has 31 heavy (non-hydrogen) atoms. The molecule has 1 amide bonds. The summed E-state index contributed by atoms with van der Waals surface area (Å²) in [6.45, 7) is 4.96. The molecule has 0 aliphatic heterocycles. The predicted molar refractivity (Wildman–Crippen MR) is 123 cm³/mol. The van der Waals surface area contributed by atoms with Gasteiger partial charge in [-0.2, -0.15) is 0 Å². The van der Waals surface area contributed by atoms with Gasteiger partial charge in [0.2, 0.25) is 15.9 Å². The monoisotopic (exact) mass is 448 g/mol. The van der Waals surface area contributed by atoms with Gasteiger partial charge in [-0.25, -0.2) is 8.42 Å². The minimum atomic E-state index is -3.46. The van der Waals surface area contributed by atoms with Crippen molar-refractivity contribution in [1.82, 2.24) is 5.32 Å². The number of nitrogens with zero attached hydrogens (tertiary/aromatic N) is 1. The van der Waals surface area contributed by atoms with Gasteiger partial charge in [0.25, 0.3) is 0 Å². The second-order valence-corrected chi connectivity index (χ2v) is 9.41. The van der Waals surface area contributed by atoms with Crippen molar-refractivity contribution in [3.8, 4) is 11.5 Å². The molecule has 0 fully saturated rings. The fourth-order valence-electron chi connectivity index (χ4n) is 3.23. The number of carbonyl (C=O) groups excluding carboxylic acids is 1. The summed E-state index contributed by atoms with van der Waals surface area (Å²) in [5.74, 6) is 1.30. The summed E-state index contributed by atoms with van der Waals surface area (Å²) in [5, 5.41) is 2.80. The Labute approximate surface area is 185 Å². The Bertz CT molecular complexity index is 960. The van der Waals surface area contributed by atoms with Crippen LogP contribution in [0.15, 0.2) is 48.5 Å². The van der Waals surface area contributed by atoms with Crippen molar-refractivity contribution >= 4 is 21.6 Å². The highest BCUT2D eigenvalue weighted by Gasteiger charge is 2.21. The summed E-state index contributed by atoms with van der Waals surface area (Å²) < 4.78 is 37.0. The molecule has 2 aromatic rings. The molecule has 2 rings (SSSR count). The average Bonchev–Trinajstić information content (AvgIpc) is 2.73. The second kappa shape index (κ2) is 11.6. The van der Waals surface area contributed by atoms with Crippen LogP contribution in [0.5, 0.6) is 11.5 Å². The fourth-order valence-corrected chi connectivity index (χ4v) is 4.21. The number of anilines is 1. The van der Waals surface area contributed by atoms with Crippen molar-refractivity contribution in [3.05, 3.63) is 54.1 Å². The van der Waals surface area contributed by atoms with Crippen LogP contribution < -0.4 is 19.1 Å². The van der Waals surface area contributed by atoms with Crippen molar-refractivity contribution in [2.24, 2.45) is 0 Å². The lowest BCUT2D eigenvalue weighted by molar-refractivity contribution is -0.121. The molecule has 0 aliphatic carbocycles. The summed E-state index contributed by atoms with van der Waals surface area (Å²) in [6.07, 6.45) is 1.84. The zero-order chi connectivity index (χ0) is 22.9. The summed E-state index contributed by atoms with van der Waals surface area (Å²) >= 11 is 0. The molecule has 1 N–H and O–H groups in total. The first kappa shape index (κ1) is 24.5. The lowest BCUT2D eigenvalue weighted by Gasteiger charge is -2.26. The first-order valence-corrected chi connectivity index (χ1v) is 12.2. The van der Waals surface area contributed by atoms with E-state index in [0.717, 1.165) is 5.56 Å². The Hall–Kier alpha value is -2.74. The molecule has 0 radical (unpaired) electrons.